The molecule has 0 saturated carbocycles. The van der Waals surface area contributed by atoms with E-state index in [0.29, 0.717) is 12.2 Å². The molecular formula is C14H17N3O. The molecule has 4 heteroatoms. The number of rotatable bonds is 2. The maximum atomic E-state index is 12.3. The molecule has 1 aliphatic heterocycles. The van der Waals surface area contributed by atoms with Gasteiger partial charge in [-0.05, 0) is 30.7 Å². The van der Waals surface area contributed by atoms with E-state index in [1.54, 1.807) is 0 Å². The monoisotopic (exact) mass is 243 g/mol. The number of aromatic amines is 1. The Morgan fingerprint density at radius 2 is 2.22 bits per heavy atom. The number of aromatic nitrogens is 2. The Morgan fingerprint density at radius 1 is 1.33 bits per heavy atom. The highest BCUT2D eigenvalue weighted by molar-refractivity contribution is 5.92. The molecule has 1 N–H and O–H groups in total. The fraction of sp³-hybridized carbons (Fsp3) is 0.357. The van der Waals surface area contributed by atoms with Crippen LogP contribution in [0.2, 0.25) is 0 Å². The van der Waals surface area contributed by atoms with E-state index in [1.807, 2.05) is 23.1 Å². The average molecular weight is 243 g/mol. The zero-order valence-corrected chi connectivity index (χ0v) is 10.5. The summed E-state index contributed by atoms with van der Waals surface area (Å²) in [5.74, 6) is 0.0992. The van der Waals surface area contributed by atoms with Crippen LogP contribution in [0.4, 0.5) is 0 Å². The van der Waals surface area contributed by atoms with Gasteiger partial charge in [0, 0.05) is 30.7 Å². The van der Waals surface area contributed by atoms with Crippen molar-refractivity contribution in [1.29, 1.82) is 0 Å². The van der Waals surface area contributed by atoms with Crippen molar-refractivity contribution in [3.63, 3.8) is 0 Å². The largest absolute Gasteiger partial charge is 0.354 e. The van der Waals surface area contributed by atoms with Crippen LogP contribution in [0.15, 0.2) is 30.5 Å². The van der Waals surface area contributed by atoms with Crippen LogP contribution in [-0.4, -0.2) is 26.9 Å². The summed E-state index contributed by atoms with van der Waals surface area (Å²) in [6.45, 7) is 4.44. The number of nitrogens with one attached hydrogen (secondary N) is 1. The van der Waals surface area contributed by atoms with E-state index in [1.165, 1.54) is 5.69 Å². The molecule has 0 atom stereocenters. The number of amides is 1. The normalized spacial score (nSPS) is 14.6. The number of carbonyl (C=O) groups is 1. The summed E-state index contributed by atoms with van der Waals surface area (Å²) in [6, 6.07) is 7.98. The summed E-state index contributed by atoms with van der Waals surface area (Å²) in [5, 5.41) is 0. The van der Waals surface area contributed by atoms with Crippen molar-refractivity contribution < 1.29 is 4.79 Å². The lowest BCUT2D eigenvalue weighted by atomic mass is 10.2. The second-order valence-electron chi connectivity index (χ2n) is 4.67. The summed E-state index contributed by atoms with van der Waals surface area (Å²) in [7, 11) is 0. The van der Waals surface area contributed by atoms with Gasteiger partial charge in [-0.15, -0.1) is 0 Å². The van der Waals surface area contributed by atoms with Crippen LogP contribution in [0.3, 0.4) is 0 Å². The van der Waals surface area contributed by atoms with E-state index in [2.05, 4.69) is 28.7 Å². The number of hydrogen-bond donors (Lipinski definition) is 1. The van der Waals surface area contributed by atoms with Gasteiger partial charge in [-0.3, -0.25) is 4.79 Å². The van der Waals surface area contributed by atoms with Crippen molar-refractivity contribution >= 4 is 5.91 Å². The summed E-state index contributed by atoms with van der Waals surface area (Å²) in [4.78, 5) is 17.4. The molecule has 0 spiro atoms. The van der Waals surface area contributed by atoms with Crippen LogP contribution in [0.25, 0.3) is 0 Å². The molecule has 0 saturated heterocycles. The van der Waals surface area contributed by atoms with Crippen molar-refractivity contribution in [2.75, 3.05) is 6.54 Å². The highest BCUT2D eigenvalue weighted by atomic mass is 16.2. The molecule has 18 heavy (non-hydrogen) atoms. The molecule has 2 aromatic rings. The van der Waals surface area contributed by atoms with Crippen LogP contribution >= 0.6 is 0 Å². The molecule has 1 aliphatic rings. The summed E-state index contributed by atoms with van der Waals surface area (Å²) >= 11 is 0. The van der Waals surface area contributed by atoms with Gasteiger partial charge in [0.05, 0.1) is 6.54 Å². The van der Waals surface area contributed by atoms with Gasteiger partial charge in [-0.2, -0.15) is 0 Å². The van der Waals surface area contributed by atoms with E-state index in [0.717, 1.165) is 25.2 Å². The third-order valence-corrected chi connectivity index (χ3v) is 3.53. The van der Waals surface area contributed by atoms with E-state index < -0.39 is 0 Å². The molecule has 2 aromatic heterocycles. The SMILES string of the molecule is CCc1ccc(C(=O)N2CCn3cccc3C2)[nH]1. The minimum absolute atomic E-state index is 0.0992. The second-order valence-corrected chi connectivity index (χ2v) is 4.67. The lowest BCUT2D eigenvalue weighted by molar-refractivity contribution is 0.0706. The van der Waals surface area contributed by atoms with E-state index in [4.69, 9.17) is 0 Å². The van der Waals surface area contributed by atoms with Gasteiger partial charge in [-0.1, -0.05) is 6.92 Å². The zero-order valence-electron chi connectivity index (χ0n) is 10.5. The third kappa shape index (κ3) is 1.83. The standard InChI is InChI=1S/C14H17N3O/c1-2-11-5-6-13(15-11)14(18)17-9-8-16-7-3-4-12(16)10-17/h3-7,15H,2,8-10H2,1H3. The molecule has 0 unspecified atom stereocenters. The molecule has 0 radical (unpaired) electrons. The first-order valence-electron chi connectivity index (χ1n) is 6.39. The van der Waals surface area contributed by atoms with Crippen molar-refractivity contribution in [3.05, 3.63) is 47.5 Å². The summed E-state index contributed by atoms with van der Waals surface area (Å²) in [6.07, 6.45) is 3.00. The van der Waals surface area contributed by atoms with E-state index >= 15 is 0 Å². The Labute approximate surface area is 106 Å². The molecule has 94 valence electrons. The van der Waals surface area contributed by atoms with Crippen LogP contribution in [0.5, 0.6) is 0 Å². The molecule has 0 bridgehead atoms. The molecule has 0 fully saturated rings. The Morgan fingerprint density at radius 3 is 3.00 bits per heavy atom. The van der Waals surface area contributed by atoms with Crippen LogP contribution in [0, 0.1) is 0 Å². The molecule has 0 aliphatic carbocycles. The van der Waals surface area contributed by atoms with Crippen LogP contribution in [0.1, 0.15) is 28.8 Å². The van der Waals surface area contributed by atoms with Gasteiger partial charge in [0.25, 0.3) is 5.91 Å². The molecular weight excluding hydrogens is 226 g/mol. The lowest BCUT2D eigenvalue weighted by Crippen LogP contribution is -2.38. The Bertz CT molecular complexity index is 567. The predicted octanol–water partition coefficient (Wildman–Crippen LogP) is 2.03. The first kappa shape index (κ1) is 11.1. The summed E-state index contributed by atoms with van der Waals surface area (Å²) in [5.41, 5.74) is 3.02. The van der Waals surface area contributed by atoms with Crippen LogP contribution in [-0.2, 0) is 19.5 Å². The van der Waals surface area contributed by atoms with Gasteiger partial charge in [0.2, 0.25) is 0 Å². The van der Waals surface area contributed by atoms with Gasteiger partial charge in [0.1, 0.15) is 5.69 Å². The van der Waals surface area contributed by atoms with Crippen molar-refractivity contribution in [3.8, 4) is 0 Å². The highest BCUT2D eigenvalue weighted by Gasteiger charge is 2.22. The van der Waals surface area contributed by atoms with E-state index in [9.17, 15) is 4.79 Å². The number of fused-ring (bicyclic) bond motifs is 1. The highest BCUT2D eigenvalue weighted by Crippen LogP contribution is 2.15. The predicted molar refractivity (Wildman–Crippen MR) is 69.3 cm³/mol. The zero-order chi connectivity index (χ0) is 12.5. The fourth-order valence-electron chi connectivity index (χ4n) is 2.43. The number of carbonyl (C=O) groups excluding carboxylic acids is 1. The molecule has 3 heterocycles. The van der Waals surface area contributed by atoms with Crippen LogP contribution < -0.4 is 0 Å². The second kappa shape index (κ2) is 4.37. The third-order valence-electron chi connectivity index (χ3n) is 3.53. The maximum absolute atomic E-state index is 12.3. The first-order chi connectivity index (χ1) is 8.78. The van der Waals surface area contributed by atoms with Gasteiger partial charge >= 0.3 is 0 Å². The minimum Gasteiger partial charge on any atom is -0.354 e. The Balaban J connectivity index is 1.78. The van der Waals surface area contributed by atoms with Crippen molar-refractivity contribution in [2.45, 2.75) is 26.4 Å². The number of H-pyrrole nitrogens is 1. The number of aryl methyl sites for hydroxylation is 1. The quantitative estimate of drug-likeness (QED) is 0.861. The molecule has 0 aromatic carbocycles. The lowest BCUT2D eigenvalue weighted by Gasteiger charge is -2.28. The summed E-state index contributed by atoms with van der Waals surface area (Å²) < 4.78 is 2.20. The molecule has 3 rings (SSSR count). The smallest absolute Gasteiger partial charge is 0.270 e. The maximum Gasteiger partial charge on any atom is 0.270 e. The molecule has 1 amide bonds. The average Bonchev–Trinajstić information content (AvgIpc) is 3.05. The van der Waals surface area contributed by atoms with Gasteiger partial charge < -0.3 is 14.5 Å². The topological polar surface area (TPSA) is 41.0 Å². The first-order valence-corrected chi connectivity index (χ1v) is 6.39. The van der Waals surface area contributed by atoms with Crippen molar-refractivity contribution in [1.82, 2.24) is 14.5 Å². The number of nitrogens with zero attached hydrogens (tertiary/aromatic N) is 2. The Kier molecular flexibility index (Phi) is 2.70. The Hall–Kier alpha value is -1.97. The molecule has 4 nitrogen and oxygen atoms in total. The van der Waals surface area contributed by atoms with E-state index in [-0.39, 0.29) is 5.91 Å². The van der Waals surface area contributed by atoms with Crippen molar-refractivity contribution in [2.24, 2.45) is 0 Å². The van der Waals surface area contributed by atoms with Gasteiger partial charge in [0.15, 0.2) is 0 Å². The number of hydrogen-bond acceptors (Lipinski definition) is 1. The van der Waals surface area contributed by atoms with Gasteiger partial charge in [-0.25, -0.2) is 0 Å². The minimum atomic E-state index is 0.0992. The fourth-order valence-corrected chi connectivity index (χ4v) is 2.43.